The highest BCUT2D eigenvalue weighted by molar-refractivity contribution is 6.00. The van der Waals surface area contributed by atoms with E-state index >= 15 is 0 Å². The van der Waals surface area contributed by atoms with Crippen LogP contribution in [0.25, 0.3) is 0 Å². The molecule has 0 bridgehead atoms. The fourth-order valence-electron chi connectivity index (χ4n) is 5.34. The molecular formula is C25H37N3O3. The molecule has 6 nitrogen and oxygen atoms in total. The predicted octanol–water partition coefficient (Wildman–Crippen LogP) is 2.62. The Kier molecular flexibility index (Phi) is 6.97. The van der Waals surface area contributed by atoms with Crippen molar-refractivity contribution in [2.24, 2.45) is 5.92 Å². The number of ether oxygens (including phenoxy) is 1. The summed E-state index contributed by atoms with van der Waals surface area (Å²) in [6, 6.07) is 10.1. The molecular weight excluding hydrogens is 390 g/mol. The van der Waals surface area contributed by atoms with E-state index in [1.54, 1.807) is 0 Å². The van der Waals surface area contributed by atoms with Crippen molar-refractivity contribution in [1.29, 1.82) is 0 Å². The molecule has 3 heterocycles. The van der Waals surface area contributed by atoms with Gasteiger partial charge in [-0.3, -0.25) is 9.59 Å². The van der Waals surface area contributed by atoms with Gasteiger partial charge in [-0.25, -0.2) is 0 Å². The lowest BCUT2D eigenvalue weighted by Crippen LogP contribution is -2.73. The highest BCUT2D eigenvalue weighted by atomic mass is 16.5. The highest BCUT2D eigenvalue weighted by Gasteiger charge is 2.54. The zero-order valence-electron chi connectivity index (χ0n) is 19.0. The van der Waals surface area contributed by atoms with Crippen LogP contribution >= 0.6 is 0 Å². The first-order valence-electron chi connectivity index (χ1n) is 12.0. The number of amides is 2. The standard InChI is InChI=1S/C25H37N3O3/c1-19(2)17-22-23(29)28(18-21-9-6-16-31-21)25(24(30)26-22)11-14-27(15-12-25)13-10-20-7-4-3-5-8-20/h3-5,7-8,19,21-22H,6,9-18H2,1-2H3,(H,26,30). The number of carbonyl (C=O) groups is 2. The summed E-state index contributed by atoms with van der Waals surface area (Å²) in [7, 11) is 0. The van der Waals surface area contributed by atoms with Gasteiger partial charge < -0.3 is 19.9 Å². The van der Waals surface area contributed by atoms with Crippen molar-refractivity contribution in [3.8, 4) is 0 Å². The topological polar surface area (TPSA) is 61.9 Å². The molecule has 1 N–H and O–H groups in total. The van der Waals surface area contributed by atoms with Gasteiger partial charge in [-0.15, -0.1) is 0 Å². The van der Waals surface area contributed by atoms with E-state index in [4.69, 9.17) is 4.74 Å². The molecule has 1 aromatic carbocycles. The fraction of sp³-hybridized carbons (Fsp3) is 0.680. The molecule has 0 aliphatic carbocycles. The predicted molar refractivity (Wildman–Crippen MR) is 121 cm³/mol. The molecule has 170 valence electrons. The molecule has 1 aromatic rings. The molecule has 3 aliphatic rings. The number of hydrogen-bond donors (Lipinski definition) is 1. The minimum absolute atomic E-state index is 0.0402. The molecule has 2 atom stereocenters. The van der Waals surface area contributed by atoms with Crippen molar-refractivity contribution in [2.45, 2.75) is 70.1 Å². The van der Waals surface area contributed by atoms with Crippen LogP contribution in [0.5, 0.6) is 0 Å². The van der Waals surface area contributed by atoms with Gasteiger partial charge in [0.25, 0.3) is 0 Å². The van der Waals surface area contributed by atoms with Crippen LogP contribution in [0.4, 0.5) is 0 Å². The molecule has 4 rings (SSSR count). The quantitative estimate of drug-likeness (QED) is 0.727. The Morgan fingerprint density at radius 2 is 1.90 bits per heavy atom. The van der Waals surface area contributed by atoms with Gasteiger partial charge in [0, 0.05) is 32.8 Å². The summed E-state index contributed by atoms with van der Waals surface area (Å²) in [5.74, 6) is 0.479. The van der Waals surface area contributed by atoms with Crippen molar-refractivity contribution >= 4 is 11.8 Å². The maximum Gasteiger partial charge on any atom is 0.246 e. The van der Waals surface area contributed by atoms with E-state index in [1.165, 1.54) is 5.56 Å². The third-order valence-electron chi connectivity index (χ3n) is 7.17. The Morgan fingerprint density at radius 1 is 1.16 bits per heavy atom. The zero-order valence-corrected chi connectivity index (χ0v) is 19.0. The molecule has 1 spiro atoms. The number of nitrogens with zero attached hydrogens (tertiary/aromatic N) is 2. The number of hydrogen-bond acceptors (Lipinski definition) is 4. The summed E-state index contributed by atoms with van der Waals surface area (Å²) >= 11 is 0. The van der Waals surface area contributed by atoms with E-state index in [1.807, 2.05) is 11.0 Å². The number of rotatable bonds is 7. The van der Waals surface area contributed by atoms with E-state index in [9.17, 15) is 9.59 Å². The van der Waals surface area contributed by atoms with Gasteiger partial charge in [-0.1, -0.05) is 44.2 Å². The molecule has 2 unspecified atom stereocenters. The van der Waals surface area contributed by atoms with Gasteiger partial charge in [-0.05, 0) is 50.0 Å². The summed E-state index contributed by atoms with van der Waals surface area (Å²) in [6.45, 7) is 8.16. The lowest BCUT2D eigenvalue weighted by Gasteiger charge is -2.52. The number of likely N-dealkylation sites (tertiary alicyclic amines) is 1. The number of piperidine rings is 1. The molecule has 0 aromatic heterocycles. The normalized spacial score (nSPS) is 26.6. The van der Waals surface area contributed by atoms with Crippen LogP contribution in [-0.4, -0.2) is 72.1 Å². The average Bonchev–Trinajstić information content (AvgIpc) is 3.28. The average molecular weight is 428 g/mol. The maximum absolute atomic E-state index is 13.5. The third kappa shape index (κ3) is 4.96. The Bertz CT molecular complexity index is 753. The van der Waals surface area contributed by atoms with E-state index in [0.717, 1.165) is 45.5 Å². The number of nitrogens with one attached hydrogen (secondary N) is 1. The largest absolute Gasteiger partial charge is 0.376 e. The molecule has 0 saturated carbocycles. The Labute approximate surface area is 186 Å². The summed E-state index contributed by atoms with van der Waals surface area (Å²) in [5, 5.41) is 3.10. The summed E-state index contributed by atoms with van der Waals surface area (Å²) in [6.07, 6.45) is 5.15. The Morgan fingerprint density at radius 3 is 2.55 bits per heavy atom. The summed E-state index contributed by atoms with van der Waals surface area (Å²) < 4.78 is 5.86. The van der Waals surface area contributed by atoms with Crippen LogP contribution in [0.1, 0.15) is 51.5 Å². The van der Waals surface area contributed by atoms with Gasteiger partial charge in [-0.2, -0.15) is 0 Å². The second-order valence-corrected chi connectivity index (χ2v) is 9.85. The van der Waals surface area contributed by atoms with Crippen LogP contribution < -0.4 is 5.32 Å². The van der Waals surface area contributed by atoms with E-state index < -0.39 is 11.6 Å². The smallest absolute Gasteiger partial charge is 0.246 e. The van der Waals surface area contributed by atoms with Crippen LogP contribution in [0, 0.1) is 5.92 Å². The van der Waals surface area contributed by atoms with Crippen molar-refractivity contribution in [3.05, 3.63) is 35.9 Å². The fourth-order valence-corrected chi connectivity index (χ4v) is 5.34. The van der Waals surface area contributed by atoms with Gasteiger partial charge in [0.15, 0.2) is 0 Å². The van der Waals surface area contributed by atoms with Gasteiger partial charge >= 0.3 is 0 Å². The van der Waals surface area contributed by atoms with Gasteiger partial charge in [0.1, 0.15) is 11.6 Å². The van der Waals surface area contributed by atoms with Crippen LogP contribution in [0.15, 0.2) is 30.3 Å². The monoisotopic (exact) mass is 427 g/mol. The second kappa shape index (κ2) is 9.70. The van der Waals surface area contributed by atoms with Crippen LogP contribution in [-0.2, 0) is 20.7 Å². The number of carbonyl (C=O) groups excluding carboxylic acids is 2. The number of piperazine rings is 1. The first-order chi connectivity index (χ1) is 15.0. The van der Waals surface area contributed by atoms with E-state index in [-0.39, 0.29) is 17.9 Å². The van der Waals surface area contributed by atoms with Gasteiger partial charge in [0.2, 0.25) is 11.8 Å². The second-order valence-electron chi connectivity index (χ2n) is 9.85. The molecule has 3 fully saturated rings. The maximum atomic E-state index is 13.5. The molecule has 2 amide bonds. The van der Waals surface area contributed by atoms with E-state index in [2.05, 4.69) is 48.3 Å². The molecule has 3 aliphatic heterocycles. The first-order valence-corrected chi connectivity index (χ1v) is 12.0. The summed E-state index contributed by atoms with van der Waals surface area (Å²) in [4.78, 5) is 31.3. The number of benzene rings is 1. The minimum atomic E-state index is -0.722. The van der Waals surface area contributed by atoms with Crippen molar-refractivity contribution < 1.29 is 14.3 Å². The van der Waals surface area contributed by atoms with Crippen molar-refractivity contribution in [1.82, 2.24) is 15.1 Å². The highest BCUT2D eigenvalue weighted by Crippen LogP contribution is 2.35. The lowest BCUT2D eigenvalue weighted by molar-refractivity contribution is -0.163. The lowest BCUT2D eigenvalue weighted by atomic mass is 9.80. The molecule has 0 radical (unpaired) electrons. The Hall–Kier alpha value is -1.92. The first kappa shape index (κ1) is 22.3. The van der Waals surface area contributed by atoms with Crippen molar-refractivity contribution in [2.75, 3.05) is 32.8 Å². The van der Waals surface area contributed by atoms with E-state index in [0.29, 0.717) is 31.7 Å². The van der Waals surface area contributed by atoms with Crippen LogP contribution in [0.2, 0.25) is 0 Å². The Balaban J connectivity index is 1.45. The van der Waals surface area contributed by atoms with Crippen molar-refractivity contribution in [3.63, 3.8) is 0 Å². The molecule has 3 saturated heterocycles. The zero-order chi connectivity index (χ0) is 21.8. The summed E-state index contributed by atoms with van der Waals surface area (Å²) in [5.41, 5.74) is 0.615. The molecule has 31 heavy (non-hydrogen) atoms. The molecule has 6 heteroatoms. The van der Waals surface area contributed by atoms with Crippen LogP contribution in [0.3, 0.4) is 0 Å². The minimum Gasteiger partial charge on any atom is -0.376 e. The third-order valence-corrected chi connectivity index (χ3v) is 7.17. The van der Waals surface area contributed by atoms with Gasteiger partial charge in [0.05, 0.1) is 6.10 Å². The SMILES string of the molecule is CC(C)CC1NC(=O)C2(CCN(CCc3ccccc3)CC2)N(CC2CCCO2)C1=O.